The van der Waals surface area contributed by atoms with Crippen LogP contribution in [-0.2, 0) is 4.79 Å². The summed E-state index contributed by atoms with van der Waals surface area (Å²) in [4.78, 5) is 11.6. The third-order valence-corrected chi connectivity index (χ3v) is 11.1. The van der Waals surface area contributed by atoms with Crippen molar-refractivity contribution in [2.75, 3.05) is 0 Å². The van der Waals surface area contributed by atoms with Gasteiger partial charge in [0.25, 0.3) is 0 Å². The zero-order chi connectivity index (χ0) is 24.8. The summed E-state index contributed by atoms with van der Waals surface area (Å²) in [6, 6.07) is 0. The van der Waals surface area contributed by atoms with Crippen LogP contribution >= 0.6 is 0 Å². The predicted molar refractivity (Wildman–Crippen MR) is 137 cm³/mol. The summed E-state index contributed by atoms with van der Waals surface area (Å²) < 4.78 is 0. The molecule has 0 saturated heterocycles. The smallest absolute Gasteiger partial charge is 0.303 e. The first-order valence-electron chi connectivity index (χ1n) is 13.4. The number of aliphatic carboxylic acids is 1. The van der Waals surface area contributed by atoms with E-state index in [9.17, 15) is 15.0 Å². The average molecular weight is 459 g/mol. The van der Waals surface area contributed by atoms with Crippen LogP contribution in [0.5, 0.6) is 0 Å². The molecule has 33 heavy (non-hydrogen) atoms. The van der Waals surface area contributed by atoms with Crippen LogP contribution in [0.15, 0.2) is 23.8 Å². The topological polar surface area (TPSA) is 57.5 Å². The van der Waals surface area contributed by atoms with E-state index >= 15 is 0 Å². The van der Waals surface area contributed by atoms with E-state index < -0.39 is 11.6 Å². The summed E-state index contributed by atoms with van der Waals surface area (Å²) in [5.41, 5.74) is 2.29. The fourth-order valence-corrected chi connectivity index (χ4v) is 9.23. The first kappa shape index (κ1) is 26.5. The van der Waals surface area contributed by atoms with Crippen molar-refractivity contribution in [3.8, 4) is 0 Å². The molecular weight excluding hydrogens is 408 g/mol. The van der Waals surface area contributed by atoms with Crippen LogP contribution in [0, 0.1) is 39.9 Å². The second-order valence-corrected chi connectivity index (χ2v) is 13.2. The van der Waals surface area contributed by atoms with E-state index in [2.05, 4.69) is 61.1 Å². The van der Waals surface area contributed by atoms with Gasteiger partial charge in [0.1, 0.15) is 0 Å². The van der Waals surface area contributed by atoms with Crippen LogP contribution in [-0.4, -0.2) is 21.8 Å². The van der Waals surface area contributed by atoms with E-state index in [1.165, 1.54) is 24.0 Å². The quantitative estimate of drug-likeness (QED) is 0.365. The highest BCUT2D eigenvalue weighted by Crippen LogP contribution is 2.74. The van der Waals surface area contributed by atoms with E-state index in [4.69, 9.17) is 0 Å². The van der Waals surface area contributed by atoms with Gasteiger partial charge in [-0.2, -0.15) is 0 Å². The lowest BCUT2D eigenvalue weighted by molar-refractivity contribution is -0.179. The molecule has 0 unspecified atom stereocenters. The first-order valence-corrected chi connectivity index (χ1v) is 13.4. The van der Waals surface area contributed by atoms with Crippen molar-refractivity contribution < 1.29 is 15.0 Å². The summed E-state index contributed by atoms with van der Waals surface area (Å²) in [7, 11) is 0. The normalized spacial score (nSPS) is 42.1. The number of carboxylic acids is 1. The molecule has 0 aromatic heterocycles. The maximum absolute atomic E-state index is 11.6. The van der Waals surface area contributed by atoms with Gasteiger partial charge in [0, 0.05) is 6.42 Å². The van der Waals surface area contributed by atoms with E-state index in [1.54, 1.807) is 0 Å². The number of carbonyl (C=O) groups is 1. The molecule has 0 heterocycles. The highest BCUT2D eigenvalue weighted by atomic mass is 16.4. The van der Waals surface area contributed by atoms with Crippen molar-refractivity contribution in [3.05, 3.63) is 23.8 Å². The molecule has 0 aromatic rings. The first-order chi connectivity index (χ1) is 15.2. The van der Waals surface area contributed by atoms with Crippen LogP contribution in [0.25, 0.3) is 0 Å². The zero-order valence-corrected chi connectivity index (χ0v) is 22.5. The van der Waals surface area contributed by atoms with Gasteiger partial charge in [-0.1, -0.05) is 44.6 Å². The van der Waals surface area contributed by atoms with Crippen molar-refractivity contribution in [2.24, 2.45) is 39.9 Å². The lowest BCUT2D eigenvalue weighted by Gasteiger charge is -2.66. The standard InChI is InChI=1S/C30H50O3/c1-20(2)10-9-16-30(8,33)24-14-18-28(6)23(24)11-12-25-27(5,17-15-26(31)32)22(21(3)4)13-19-29(25,28)7/h10,22-25,33H,3,9,11-19H2,1-2,4-8H3,(H,31,32)/t22-,23+,24-,25-,27-,28+,29+,30-/m0/s1. The summed E-state index contributed by atoms with van der Waals surface area (Å²) in [6.45, 7) is 20.3. The Morgan fingerprint density at radius 1 is 1.06 bits per heavy atom. The Morgan fingerprint density at radius 2 is 1.70 bits per heavy atom. The minimum absolute atomic E-state index is 0.0186. The SMILES string of the molecule is C=C(C)[C@@H]1CC[C@]2(C)[C@@H](CC[C@@H]3[C@@H]([C@@](C)(O)CCC=C(C)C)CC[C@]32C)[C@@]1(C)CCC(=O)O. The fourth-order valence-electron chi connectivity index (χ4n) is 9.23. The Labute approximate surface area is 203 Å². The molecule has 3 heteroatoms. The Hall–Kier alpha value is -1.09. The number of allylic oxidation sites excluding steroid dienone is 3. The Bertz CT molecular complexity index is 790. The fraction of sp³-hybridized carbons (Fsp3) is 0.833. The molecule has 3 fully saturated rings. The lowest BCUT2D eigenvalue weighted by Crippen LogP contribution is -2.60. The van der Waals surface area contributed by atoms with Crippen molar-refractivity contribution >= 4 is 5.97 Å². The molecule has 3 rings (SSSR count). The molecular formula is C30H50O3. The molecule has 3 aliphatic carbocycles. The lowest BCUT2D eigenvalue weighted by atomic mass is 9.38. The average Bonchev–Trinajstić information content (AvgIpc) is 3.05. The van der Waals surface area contributed by atoms with E-state index in [0.717, 1.165) is 44.9 Å². The molecule has 188 valence electrons. The van der Waals surface area contributed by atoms with Crippen LogP contribution in [0.1, 0.15) is 113 Å². The van der Waals surface area contributed by atoms with Crippen LogP contribution in [0.4, 0.5) is 0 Å². The molecule has 8 atom stereocenters. The number of aliphatic hydroxyl groups is 1. The van der Waals surface area contributed by atoms with Crippen molar-refractivity contribution in [1.82, 2.24) is 0 Å². The molecule has 2 N–H and O–H groups in total. The summed E-state index contributed by atoms with van der Waals surface area (Å²) in [6.07, 6.45) is 11.9. The van der Waals surface area contributed by atoms with Gasteiger partial charge in [-0.25, -0.2) is 0 Å². The summed E-state index contributed by atoms with van der Waals surface area (Å²) in [5.74, 6) is 1.13. The molecule has 0 aliphatic heterocycles. The third-order valence-electron chi connectivity index (χ3n) is 11.1. The summed E-state index contributed by atoms with van der Waals surface area (Å²) >= 11 is 0. The number of fused-ring (bicyclic) bond motifs is 3. The van der Waals surface area contributed by atoms with E-state index in [0.29, 0.717) is 23.7 Å². The molecule has 0 aromatic carbocycles. The Morgan fingerprint density at radius 3 is 2.27 bits per heavy atom. The molecule has 0 spiro atoms. The molecule has 0 bridgehead atoms. The van der Waals surface area contributed by atoms with Crippen molar-refractivity contribution in [3.63, 3.8) is 0 Å². The van der Waals surface area contributed by atoms with Gasteiger partial charge >= 0.3 is 5.97 Å². The largest absolute Gasteiger partial charge is 0.481 e. The third kappa shape index (κ3) is 4.48. The number of hydrogen-bond donors (Lipinski definition) is 2. The van der Waals surface area contributed by atoms with Gasteiger partial charge in [-0.05, 0) is 125 Å². The van der Waals surface area contributed by atoms with Gasteiger partial charge in [0.2, 0.25) is 0 Å². The molecule has 3 aliphatic rings. The molecule has 0 radical (unpaired) electrons. The van der Waals surface area contributed by atoms with Crippen LogP contribution < -0.4 is 0 Å². The Kier molecular flexibility index (Phi) is 7.37. The summed E-state index contributed by atoms with van der Waals surface area (Å²) in [5, 5.41) is 21.1. The zero-order valence-electron chi connectivity index (χ0n) is 22.5. The van der Waals surface area contributed by atoms with Crippen LogP contribution in [0.3, 0.4) is 0 Å². The van der Waals surface area contributed by atoms with Gasteiger partial charge in [-0.3, -0.25) is 4.79 Å². The maximum Gasteiger partial charge on any atom is 0.303 e. The van der Waals surface area contributed by atoms with Crippen molar-refractivity contribution in [1.29, 1.82) is 0 Å². The van der Waals surface area contributed by atoms with E-state index in [-0.39, 0.29) is 22.7 Å². The maximum atomic E-state index is 11.6. The molecule has 3 saturated carbocycles. The van der Waals surface area contributed by atoms with Crippen molar-refractivity contribution in [2.45, 2.75) is 118 Å². The number of hydrogen-bond acceptors (Lipinski definition) is 2. The molecule has 0 amide bonds. The molecule has 3 nitrogen and oxygen atoms in total. The minimum Gasteiger partial charge on any atom is -0.481 e. The van der Waals surface area contributed by atoms with Gasteiger partial charge in [-0.15, -0.1) is 0 Å². The minimum atomic E-state index is -0.683. The van der Waals surface area contributed by atoms with Gasteiger partial charge < -0.3 is 10.2 Å². The van der Waals surface area contributed by atoms with Gasteiger partial charge in [0.15, 0.2) is 0 Å². The predicted octanol–water partition coefficient (Wildman–Crippen LogP) is 7.79. The Balaban J connectivity index is 1.91. The van der Waals surface area contributed by atoms with Gasteiger partial charge in [0.05, 0.1) is 5.60 Å². The highest BCUT2D eigenvalue weighted by Gasteiger charge is 2.67. The number of rotatable bonds is 8. The second-order valence-electron chi connectivity index (χ2n) is 13.2. The second kappa shape index (κ2) is 9.17. The highest BCUT2D eigenvalue weighted by molar-refractivity contribution is 5.66. The monoisotopic (exact) mass is 458 g/mol. The van der Waals surface area contributed by atoms with E-state index in [1.807, 2.05) is 0 Å². The number of carboxylic acid groups (broad SMARTS) is 1. The van der Waals surface area contributed by atoms with Crippen LogP contribution in [0.2, 0.25) is 0 Å².